The molecule has 9 heteroatoms. The van der Waals surface area contributed by atoms with Gasteiger partial charge in [-0.3, -0.25) is 4.79 Å². The van der Waals surface area contributed by atoms with Gasteiger partial charge in [0.1, 0.15) is 17.3 Å². The van der Waals surface area contributed by atoms with E-state index in [9.17, 15) is 13.2 Å². The molecule has 0 saturated heterocycles. The standard InChI is InChI=1S/C12H20N4O4S/c1-2-5-14-12-10(4-3-6-15-12)21(18,19)16-7-8-20-9-11(13)17/h3-4,6,16H,2,5,7-9H2,1H3,(H2,13,17)(H,14,15). The van der Waals surface area contributed by atoms with Crippen LogP contribution in [-0.2, 0) is 19.6 Å². The SMILES string of the molecule is CCCNc1ncccc1S(=O)(=O)NCCOCC(N)=O. The predicted molar refractivity (Wildman–Crippen MR) is 78.2 cm³/mol. The molecule has 1 rings (SSSR count). The van der Waals surface area contributed by atoms with Crippen LogP contribution in [0, 0.1) is 0 Å². The van der Waals surface area contributed by atoms with Crippen molar-refractivity contribution in [3.63, 3.8) is 0 Å². The number of nitrogens with one attached hydrogen (secondary N) is 2. The minimum atomic E-state index is -3.69. The summed E-state index contributed by atoms with van der Waals surface area (Å²) in [5.41, 5.74) is 4.90. The van der Waals surface area contributed by atoms with Gasteiger partial charge in [0.25, 0.3) is 0 Å². The molecule has 0 aliphatic rings. The van der Waals surface area contributed by atoms with Crippen LogP contribution >= 0.6 is 0 Å². The Morgan fingerprint density at radius 3 is 2.86 bits per heavy atom. The van der Waals surface area contributed by atoms with Gasteiger partial charge in [-0.25, -0.2) is 18.1 Å². The van der Waals surface area contributed by atoms with Crippen LogP contribution in [0.15, 0.2) is 23.2 Å². The molecule has 1 aromatic heterocycles. The first-order valence-corrected chi connectivity index (χ1v) is 8.00. The lowest BCUT2D eigenvalue weighted by Gasteiger charge is -2.11. The van der Waals surface area contributed by atoms with Gasteiger partial charge in [0.2, 0.25) is 15.9 Å². The van der Waals surface area contributed by atoms with Gasteiger partial charge in [-0.15, -0.1) is 0 Å². The molecule has 21 heavy (non-hydrogen) atoms. The maximum Gasteiger partial charge on any atom is 0.244 e. The van der Waals surface area contributed by atoms with E-state index in [1.807, 2.05) is 6.92 Å². The Morgan fingerprint density at radius 1 is 1.43 bits per heavy atom. The van der Waals surface area contributed by atoms with E-state index in [4.69, 9.17) is 10.5 Å². The third-order valence-electron chi connectivity index (χ3n) is 2.39. The summed E-state index contributed by atoms with van der Waals surface area (Å²) < 4.78 is 31.6. The fourth-order valence-corrected chi connectivity index (χ4v) is 2.63. The highest BCUT2D eigenvalue weighted by Gasteiger charge is 2.18. The number of carbonyl (C=O) groups is 1. The Bertz CT molecular complexity index is 562. The van der Waals surface area contributed by atoms with Crippen molar-refractivity contribution in [2.45, 2.75) is 18.2 Å². The monoisotopic (exact) mass is 316 g/mol. The van der Waals surface area contributed by atoms with Crippen molar-refractivity contribution in [2.75, 3.05) is 31.6 Å². The molecule has 8 nitrogen and oxygen atoms in total. The Labute approximate surface area is 124 Å². The van der Waals surface area contributed by atoms with E-state index in [1.165, 1.54) is 12.3 Å². The molecule has 1 heterocycles. The van der Waals surface area contributed by atoms with E-state index in [0.717, 1.165) is 6.42 Å². The Morgan fingerprint density at radius 2 is 2.19 bits per heavy atom. The summed E-state index contributed by atoms with van der Waals surface area (Å²) in [6, 6.07) is 3.02. The quantitative estimate of drug-likeness (QED) is 0.508. The molecule has 1 amide bonds. The maximum atomic E-state index is 12.2. The molecule has 0 saturated carbocycles. The molecule has 0 aliphatic carbocycles. The summed E-state index contributed by atoms with van der Waals surface area (Å²) >= 11 is 0. The lowest BCUT2D eigenvalue weighted by atomic mass is 10.4. The number of amides is 1. The van der Waals surface area contributed by atoms with E-state index in [0.29, 0.717) is 12.4 Å². The number of rotatable bonds is 10. The van der Waals surface area contributed by atoms with Gasteiger partial charge >= 0.3 is 0 Å². The van der Waals surface area contributed by atoms with Crippen LogP contribution in [0.25, 0.3) is 0 Å². The van der Waals surface area contributed by atoms with Crippen molar-refractivity contribution in [1.29, 1.82) is 0 Å². The highest BCUT2D eigenvalue weighted by Crippen LogP contribution is 2.17. The second-order valence-electron chi connectivity index (χ2n) is 4.19. The first-order chi connectivity index (χ1) is 9.97. The fourth-order valence-electron chi connectivity index (χ4n) is 1.48. The third-order valence-corrected chi connectivity index (χ3v) is 3.88. The van der Waals surface area contributed by atoms with Crippen molar-refractivity contribution in [3.8, 4) is 0 Å². The van der Waals surface area contributed by atoms with E-state index >= 15 is 0 Å². The highest BCUT2D eigenvalue weighted by atomic mass is 32.2. The number of hydrogen-bond donors (Lipinski definition) is 3. The molecule has 0 bridgehead atoms. The fraction of sp³-hybridized carbons (Fsp3) is 0.500. The summed E-state index contributed by atoms with van der Waals surface area (Å²) in [5.74, 6) is -0.291. The van der Waals surface area contributed by atoms with Crippen molar-refractivity contribution < 1.29 is 17.9 Å². The topological polar surface area (TPSA) is 123 Å². The Hall–Kier alpha value is -1.71. The summed E-state index contributed by atoms with van der Waals surface area (Å²) in [6.07, 6.45) is 2.37. The van der Waals surface area contributed by atoms with Crippen molar-refractivity contribution in [2.24, 2.45) is 5.73 Å². The Kier molecular flexibility index (Phi) is 7.06. The van der Waals surface area contributed by atoms with Crippen LogP contribution in [-0.4, -0.2) is 45.6 Å². The summed E-state index contributed by atoms with van der Waals surface area (Å²) in [7, 11) is -3.69. The number of aromatic nitrogens is 1. The van der Waals surface area contributed by atoms with Gasteiger partial charge in [-0.1, -0.05) is 6.92 Å². The van der Waals surface area contributed by atoms with E-state index in [1.54, 1.807) is 6.07 Å². The van der Waals surface area contributed by atoms with E-state index in [-0.39, 0.29) is 24.7 Å². The molecule has 0 unspecified atom stereocenters. The number of anilines is 1. The van der Waals surface area contributed by atoms with Gasteiger partial charge in [0.15, 0.2) is 0 Å². The first kappa shape index (κ1) is 17.3. The number of hydrogen-bond acceptors (Lipinski definition) is 6. The summed E-state index contributed by atoms with van der Waals surface area (Å²) in [6.45, 7) is 2.45. The zero-order valence-electron chi connectivity index (χ0n) is 11.8. The number of nitrogens with two attached hydrogens (primary N) is 1. The third kappa shape index (κ3) is 6.06. The minimum absolute atomic E-state index is 0.0394. The second-order valence-corrected chi connectivity index (χ2v) is 5.93. The number of pyridine rings is 1. The van der Waals surface area contributed by atoms with Gasteiger partial charge in [0.05, 0.1) is 6.61 Å². The van der Waals surface area contributed by atoms with Crippen molar-refractivity contribution in [1.82, 2.24) is 9.71 Å². The number of carbonyl (C=O) groups excluding carboxylic acids is 1. The first-order valence-electron chi connectivity index (χ1n) is 6.52. The largest absolute Gasteiger partial charge is 0.370 e. The smallest absolute Gasteiger partial charge is 0.244 e. The molecule has 118 valence electrons. The zero-order valence-corrected chi connectivity index (χ0v) is 12.6. The van der Waals surface area contributed by atoms with E-state index in [2.05, 4.69) is 15.0 Å². The molecule has 0 aliphatic heterocycles. The molecule has 0 spiro atoms. The highest BCUT2D eigenvalue weighted by molar-refractivity contribution is 7.89. The van der Waals surface area contributed by atoms with Crippen LogP contribution < -0.4 is 15.8 Å². The average Bonchev–Trinajstić information content (AvgIpc) is 2.44. The molecule has 0 fully saturated rings. The molecular weight excluding hydrogens is 296 g/mol. The molecule has 0 atom stereocenters. The average molecular weight is 316 g/mol. The lowest BCUT2D eigenvalue weighted by molar-refractivity contribution is -0.122. The Balaban J connectivity index is 2.63. The second kappa shape index (κ2) is 8.55. The molecular formula is C12H20N4O4S. The number of primary amides is 1. The summed E-state index contributed by atoms with van der Waals surface area (Å²) in [4.78, 5) is 14.6. The van der Waals surface area contributed by atoms with Crippen LogP contribution in [0.2, 0.25) is 0 Å². The van der Waals surface area contributed by atoms with Gasteiger partial charge in [-0.2, -0.15) is 0 Å². The van der Waals surface area contributed by atoms with Gasteiger partial charge in [0, 0.05) is 19.3 Å². The molecule has 0 aromatic carbocycles. The normalized spacial score (nSPS) is 11.3. The number of sulfonamides is 1. The molecule has 0 radical (unpaired) electrons. The number of nitrogens with zero attached hydrogens (tertiary/aromatic N) is 1. The van der Waals surface area contributed by atoms with E-state index < -0.39 is 15.9 Å². The minimum Gasteiger partial charge on any atom is -0.370 e. The lowest BCUT2D eigenvalue weighted by Crippen LogP contribution is -2.29. The van der Waals surface area contributed by atoms with Crippen LogP contribution in [0.5, 0.6) is 0 Å². The maximum absolute atomic E-state index is 12.2. The van der Waals surface area contributed by atoms with Gasteiger partial charge < -0.3 is 15.8 Å². The van der Waals surface area contributed by atoms with Crippen molar-refractivity contribution >= 4 is 21.7 Å². The van der Waals surface area contributed by atoms with Crippen LogP contribution in [0.1, 0.15) is 13.3 Å². The van der Waals surface area contributed by atoms with Gasteiger partial charge in [-0.05, 0) is 18.6 Å². The van der Waals surface area contributed by atoms with Crippen molar-refractivity contribution in [3.05, 3.63) is 18.3 Å². The van der Waals surface area contributed by atoms with Crippen LogP contribution in [0.4, 0.5) is 5.82 Å². The summed E-state index contributed by atoms with van der Waals surface area (Å²) in [5, 5.41) is 2.96. The number of ether oxygens (including phenoxy) is 1. The predicted octanol–water partition coefficient (Wildman–Crippen LogP) is -0.316. The van der Waals surface area contributed by atoms with Crippen LogP contribution in [0.3, 0.4) is 0 Å². The zero-order chi connectivity index (χ0) is 15.7. The molecule has 1 aromatic rings. The molecule has 4 N–H and O–H groups in total.